The van der Waals surface area contributed by atoms with Crippen LogP contribution in [0, 0.1) is 13.1 Å². The van der Waals surface area contributed by atoms with Gasteiger partial charge in [-0.15, -0.1) is 0 Å². The van der Waals surface area contributed by atoms with Gasteiger partial charge in [-0.3, -0.25) is 8.42 Å². The van der Waals surface area contributed by atoms with Crippen molar-refractivity contribution in [1.82, 2.24) is 30.6 Å². The molecule has 67 heavy (non-hydrogen) atoms. The molecular weight excluding hydrogens is 1050 g/mol. The Bertz CT molecular complexity index is 2410. The average molecular weight is 1100 g/mol. The molecule has 6 atom stereocenters. The molecule has 2 aliphatic carbocycles. The Hall–Kier alpha value is -3.57. The summed E-state index contributed by atoms with van der Waals surface area (Å²) in [5, 5.41) is 24.6. The minimum atomic E-state index is -1.76. The van der Waals surface area contributed by atoms with Crippen LogP contribution in [-0.4, -0.2) is 96.6 Å². The Kier molecular flexibility index (Phi) is 21.0. The maximum absolute atomic E-state index is 10.5. The van der Waals surface area contributed by atoms with Crippen LogP contribution in [-0.2, 0) is 22.2 Å². The Morgan fingerprint density at radius 2 is 1.09 bits per heavy atom. The van der Waals surface area contributed by atoms with Gasteiger partial charge >= 0.3 is 18.9 Å². The number of hydrogen-bond donors (Lipinski definition) is 5. The first-order valence-electron chi connectivity index (χ1n) is 21.2. The van der Waals surface area contributed by atoms with Crippen LogP contribution in [0.1, 0.15) is 77.0 Å². The van der Waals surface area contributed by atoms with Gasteiger partial charge in [0.15, 0.2) is 23.0 Å². The number of halogens is 3. The molecule has 0 spiro atoms. The number of aromatic hydroxyl groups is 1. The SMILES string of the molecule is O=S([O-])C1CC1.O=S([O-])C1CC1.[C-]#[N+]c1ccc(Nc2ncnc(OC3CC4CCC(C3)N4)c2O)c(Cl)c1.[C-]#[N+]c1ccc(Nc2ncnc(OC3CC4CCC(C3)N4)c2OC)c(Cl)c1.[I-].[Li+]. The first kappa shape index (κ1) is 54.4. The van der Waals surface area contributed by atoms with E-state index in [1.165, 1.54) is 38.3 Å². The molecule has 2 saturated carbocycles. The molecule has 6 fully saturated rings. The molecule has 4 aromatic rings. The van der Waals surface area contributed by atoms with E-state index in [-0.39, 0.29) is 83.0 Å². The van der Waals surface area contributed by atoms with Gasteiger partial charge < -0.3 is 73.7 Å². The summed E-state index contributed by atoms with van der Waals surface area (Å²) >= 11 is 8.92. The van der Waals surface area contributed by atoms with Crippen molar-refractivity contribution in [3.05, 3.63) is 81.9 Å². The van der Waals surface area contributed by atoms with E-state index in [0.717, 1.165) is 51.4 Å². The van der Waals surface area contributed by atoms with Crippen molar-refractivity contribution in [3.63, 3.8) is 0 Å². The van der Waals surface area contributed by atoms with E-state index in [1.807, 2.05) is 0 Å². The molecule has 0 amide bonds. The molecule has 0 radical (unpaired) electrons. The molecule has 10 rings (SSSR count). The minimum Gasteiger partial charge on any atom is -1.00 e. The Balaban J connectivity index is 0.000000196. The second-order valence-electron chi connectivity index (χ2n) is 16.4. The fraction of sp³-hybridized carbons (Fsp3) is 0.488. The van der Waals surface area contributed by atoms with Crippen LogP contribution in [0.15, 0.2) is 49.1 Å². The number of anilines is 4. The zero-order chi connectivity index (χ0) is 46.0. The number of ether oxygens (including phenoxy) is 3. The number of nitrogens with zero attached hydrogens (tertiary/aromatic N) is 6. The maximum Gasteiger partial charge on any atom is 1.00 e. The zero-order valence-electron chi connectivity index (χ0n) is 36.7. The summed E-state index contributed by atoms with van der Waals surface area (Å²) in [6.07, 6.45) is 15.0. The van der Waals surface area contributed by atoms with E-state index in [0.29, 0.717) is 74.4 Å². The first-order valence-corrected chi connectivity index (χ1v) is 24.2. The van der Waals surface area contributed by atoms with Crippen LogP contribution in [0.25, 0.3) is 9.69 Å². The van der Waals surface area contributed by atoms with Crippen LogP contribution < -0.4 is 78.3 Å². The summed E-state index contributed by atoms with van der Waals surface area (Å²) in [6, 6.07) is 11.9. The average Bonchev–Trinajstić information content (AvgIpc) is 4.24. The summed E-state index contributed by atoms with van der Waals surface area (Å²) in [5.74, 6) is 1.57. The minimum absolute atomic E-state index is 0. The fourth-order valence-electron chi connectivity index (χ4n) is 7.90. The molecule has 18 nitrogen and oxygen atoms in total. The van der Waals surface area contributed by atoms with Gasteiger partial charge in [0, 0.05) is 34.7 Å². The smallest absolute Gasteiger partial charge is 1.00 e. The number of piperidine rings is 2. The van der Waals surface area contributed by atoms with Crippen molar-refractivity contribution >= 4 is 79.7 Å². The number of hydrogen-bond acceptors (Lipinski definition) is 16. The zero-order valence-corrected chi connectivity index (χ0v) is 42.0. The summed E-state index contributed by atoms with van der Waals surface area (Å²) in [6.45, 7) is 14.1. The molecule has 2 aromatic heterocycles. The second-order valence-corrected chi connectivity index (χ2v) is 19.5. The number of fused-ring (bicyclic) bond motifs is 4. The summed E-state index contributed by atoms with van der Waals surface area (Å²) in [7, 11) is 1.56. The maximum atomic E-state index is 10.5. The fourth-order valence-corrected chi connectivity index (χ4v) is 9.39. The largest absolute Gasteiger partial charge is 1.00 e. The van der Waals surface area contributed by atoms with Crippen molar-refractivity contribution in [2.24, 2.45) is 0 Å². The summed E-state index contributed by atoms with van der Waals surface area (Å²) in [4.78, 5) is 23.4. The Morgan fingerprint density at radius 1 is 0.687 bits per heavy atom. The van der Waals surface area contributed by atoms with Gasteiger partial charge in [0.2, 0.25) is 11.5 Å². The van der Waals surface area contributed by atoms with Gasteiger partial charge in [0.05, 0.1) is 41.7 Å². The summed E-state index contributed by atoms with van der Waals surface area (Å²) in [5.41, 5.74) is 2.09. The molecule has 354 valence electrons. The molecule has 4 aliphatic heterocycles. The number of nitrogens with one attached hydrogen (secondary N) is 4. The number of aromatic nitrogens is 4. The van der Waals surface area contributed by atoms with Crippen molar-refractivity contribution in [3.8, 4) is 23.3 Å². The topological polar surface area (TPSA) is 237 Å². The quantitative estimate of drug-likeness (QED) is 0.0625. The molecular formula is C43H48Cl2ILiN10O8S2-2. The second kappa shape index (κ2) is 25.9. The van der Waals surface area contributed by atoms with Crippen LogP contribution >= 0.6 is 23.2 Å². The van der Waals surface area contributed by atoms with E-state index in [2.05, 4.69) is 50.9 Å². The standard InChI is InChI=1S/C19H20ClN5O2.C18H18ClN5O2.2C3H6O2S.HI.Li/c1-21-11-5-6-16(15(20)9-11)25-18-17(26-2)19(23-10-22-18)27-14-7-12-3-4-13(8-14)24-12;1-20-10-4-5-15(14(19)8-10)24-17-16(25)18(22-9-21-17)26-13-6-11-2-3-12(7-13)23-11;2*4-6(5)3-1-2-3;;/h5-6,9-10,12-14,24H,3-4,7-8H2,2H3,(H,22,23,25);4-5,8-9,11-13,23,25H,2-3,6-7H2,(H,21,22,24);2*3H,1-2H2,(H,4,5);1H;/q;;;;;+1/p-3. The first-order chi connectivity index (χ1) is 31.4. The third kappa shape index (κ3) is 15.7. The van der Waals surface area contributed by atoms with E-state index < -0.39 is 22.2 Å². The van der Waals surface area contributed by atoms with Gasteiger partial charge in [-0.05, 0) is 101 Å². The van der Waals surface area contributed by atoms with Gasteiger partial charge in [-0.1, -0.05) is 57.5 Å². The number of benzene rings is 2. The van der Waals surface area contributed by atoms with E-state index in [9.17, 15) is 22.6 Å². The molecule has 2 aromatic carbocycles. The van der Waals surface area contributed by atoms with Gasteiger partial charge in [0.25, 0.3) is 11.8 Å². The predicted molar refractivity (Wildman–Crippen MR) is 245 cm³/mol. The molecule has 6 aliphatic rings. The van der Waals surface area contributed by atoms with Crippen molar-refractivity contribution < 1.29 is 79.7 Å². The van der Waals surface area contributed by atoms with Crippen molar-refractivity contribution in [1.29, 1.82) is 0 Å². The third-order valence-corrected chi connectivity index (χ3v) is 14.1. The van der Waals surface area contributed by atoms with E-state index in [4.69, 9.17) is 50.6 Å². The predicted octanol–water partition coefficient (Wildman–Crippen LogP) is 1.95. The number of rotatable bonds is 11. The van der Waals surface area contributed by atoms with Crippen LogP contribution in [0.2, 0.25) is 10.0 Å². The van der Waals surface area contributed by atoms with Crippen LogP contribution in [0.4, 0.5) is 34.4 Å². The molecule has 4 bridgehead atoms. The van der Waals surface area contributed by atoms with Crippen molar-refractivity contribution in [2.75, 3.05) is 17.7 Å². The van der Waals surface area contributed by atoms with Gasteiger partial charge in [-0.25, -0.2) is 19.7 Å². The molecule has 24 heteroatoms. The third-order valence-electron chi connectivity index (χ3n) is 11.4. The molecule has 6 heterocycles. The molecule has 5 N–H and O–H groups in total. The molecule has 6 unspecified atom stereocenters. The summed E-state index contributed by atoms with van der Waals surface area (Å²) < 4.78 is 56.7. The molecule has 4 saturated heterocycles. The Labute approximate surface area is 433 Å². The Morgan fingerprint density at radius 3 is 1.46 bits per heavy atom. The van der Waals surface area contributed by atoms with Crippen LogP contribution in [0.5, 0.6) is 23.3 Å². The normalized spacial score (nSPS) is 23.6. The van der Waals surface area contributed by atoms with Crippen molar-refractivity contribution in [2.45, 2.75) is 124 Å². The van der Waals surface area contributed by atoms with E-state index in [1.54, 1.807) is 43.5 Å². The van der Waals surface area contributed by atoms with E-state index >= 15 is 0 Å². The van der Waals surface area contributed by atoms with Gasteiger partial charge in [-0.2, -0.15) is 9.97 Å². The van der Waals surface area contributed by atoms with Gasteiger partial charge in [0.1, 0.15) is 24.9 Å². The van der Waals surface area contributed by atoms with Crippen LogP contribution in [0.3, 0.4) is 0 Å². The monoisotopic (exact) mass is 1100 g/mol. The number of methoxy groups -OCH3 is 1.